The van der Waals surface area contributed by atoms with Gasteiger partial charge in [0.15, 0.2) is 0 Å². The molecule has 2 rings (SSSR count). The van der Waals surface area contributed by atoms with E-state index >= 15 is 0 Å². The first-order valence-electron chi connectivity index (χ1n) is 10.0. The molecule has 0 aromatic heterocycles. The van der Waals surface area contributed by atoms with Crippen LogP contribution in [0.25, 0.3) is 0 Å². The number of hydrogen-bond donors (Lipinski definition) is 1. The van der Waals surface area contributed by atoms with Crippen molar-refractivity contribution < 1.29 is 22.7 Å². The van der Waals surface area contributed by atoms with Crippen molar-refractivity contribution in [1.29, 1.82) is 0 Å². The summed E-state index contributed by atoms with van der Waals surface area (Å²) >= 11 is 0. The van der Waals surface area contributed by atoms with Gasteiger partial charge >= 0.3 is 0 Å². The molecule has 7 nitrogen and oxygen atoms in total. The standard InChI is InChI=1S/C22H30N2O5S/c1-5-20(22(25)23-16-17-10-8-9-11-21(17)29-7-3)24(30(4,26)27)18-12-14-19(15-13-18)28-6-2/h8-15,20H,5-7,16H2,1-4H3,(H,23,25). The molecule has 1 unspecified atom stereocenters. The summed E-state index contributed by atoms with van der Waals surface area (Å²) in [6.07, 6.45) is 1.42. The molecule has 0 heterocycles. The Balaban J connectivity index is 2.23. The molecule has 8 heteroatoms. The van der Waals surface area contributed by atoms with Crippen LogP contribution in [0.4, 0.5) is 5.69 Å². The molecule has 0 saturated carbocycles. The number of sulfonamides is 1. The van der Waals surface area contributed by atoms with Crippen molar-refractivity contribution in [2.75, 3.05) is 23.8 Å². The van der Waals surface area contributed by atoms with E-state index in [0.29, 0.717) is 36.8 Å². The highest BCUT2D eigenvalue weighted by molar-refractivity contribution is 7.92. The second-order valence-electron chi connectivity index (χ2n) is 6.67. The summed E-state index contributed by atoms with van der Waals surface area (Å²) in [5, 5.41) is 2.85. The van der Waals surface area contributed by atoms with Gasteiger partial charge in [0, 0.05) is 12.1 Å². The van der Waals surface area contributed by atoms with Crippen LogP contribution >= 0.6 is 0 Å². The van der Waals surface area contributed by atoms with Crippen molar-refractivity contribution in [3.8, 4) is 11.5 Å². The van der Waals surface area contributed by atoms with Crippen LogP contribution in [0.1, 0.15) is 32.8 Å². The van der Waals surface area contributed by atoms with Gasteiger partial charge in [0.1, 0.15) is 17.5 Å². The first kappa shape index (κ1) is 23.5. The number of anilines is 1. The molecule has 2 aromatic rings. The van der Waals surface area contributed by atoms with Gasteiger partial charge in [-0.3, -0.25) is 9.10 Å². The zero-order valence-electron chi connectivity index (χ0n) is 17.9. The van der Waals surface area contributed by atoms with Crippen molar-refractivity contribution in [1.82, 2.24) is 5.32 Å². The van der Waals surface area contributed by atoms with Gasteiger partial charge in [-0.1, -0.05) is 25.1 Å². The molecular formula is C22H30N2O5S. The second kappa shape index (κ2) is 10.9. The molecule has 0 aliphatic carbocycles. The Bertz CT molecular complexity index is 929. The molecule has 0 bridgehead atoms. The van der Waals surface area contributed by atoms with Crippen LogP contribution in [-0.4, -0.2) is 39.8 Å². The Labute approximate surface area is 179 Å². The minimum absolute atomic E-state index is 0.242. The third-order valence-corrected chi connectivity index (χ3v) is 5.64. The topological polar surface area (TPSA) is 84.9 Å². The Hall–Kier alpha value is -2.74. The van der Waals surface area contributed by atoms with Crippen molar-refractivity contribution in [3.05, 3.63) is 54.1 Å². The van der Waals surface area contributed by atoms with Gasteiger partial charge in [-0.25, -0.2) is 8.42 Å². The molecular weight excluding hydrogens is 404 g/mol. The smallest absolute Gasteiger partial charge is 0.244 e. The molecule has 0 fully saturated rings. The second-order valence-corrected chi connectivity index (χ2v) is 8.53. The van der Waals surface area contributed by atoms with Gasteiger partial charge < -0.3 is 14.8 Å². The summed E-state index contributed by atoms with van der Waals surface area (Å²) in [4.78, 5) is 13.0. The maximum absolute atomic E-state index is 13.0. The van der Waals surface area contributed by atoms with Gasteiger partial charge in [0.05, 0.1) is 25.2 Å². The lowest BCUT2D eigenvalue weighted by atomic mass is 10.1. The van der Waals surface area contributed by atoms with Gasteiger partial charge in [-0.15, -0.1) is 0 Å². The Morgan fingerprint density at radius 3 is 2.20 bits per heavy atom. The SMILES string of the molecule is CCOc1ccc(N(C(CC)C(=O)NCc2ccccc2OCC)S(C)(=O)=O)cc1. The lowest BCUT2D eigenvalue weighted by Gasteiger charge is -2.30. The molecule has 164 valence electrons. The molecule has 0 aliphatic heterocycles. The van der Waals surface area contributed by atoms with Gasteiger partial charge in [-0.2, -0.15) is 0 Å². The predicted octanol–water partition coefficient (Wildman–Crippen LogP) is 3.35. The fourth-order valence-electron chi connectivity index (χ4n) is 3.16. The first-order chi connectivity index (χ1) is 14.3. The van der Waals surface area contributed by atoms with E-state index in [1.165, 1.54) is 0 Å². The highest BCUT2D eigenvalue weighted by atomic mass is 32.2. The quantitative estimate of drug-likeness (QED) is 0.586. The number of benzene rings is 2. The summed E-state index contributed by atoms with van der Waals surface area (Å²) in [6, 6.07) is 13.2. The van der Waals surface area contributed by atoms with Crippen LogP contribution in [-0.2, 0) is 21.4 Å². The molecule has 1 amide bonds. The lowest BCUT2D eigenvalue weighted by molar-refractivity contribution is -0.122. The Kier molecular flexibility index (Phi) is 8.53. The van der Waals surface area contributed by atoms with E-state index in [1.54, 1.807) is 31.2 Å². The van der Waals surface area contributed by atoms with E-state index in [0.717, 1.165) is 16.1 Å². The third-order valence-electron chi connectivity index (χ3n) is 4.46. The maximum Gasteiger partial charge on any atom is 0.244 e. The average Bonchev–Trinajstić information content (AvgIpc) is 2.71. The first-order valence-corrected chi connectivity index (χ1v) is 11.9. The van der Waals surface area contributed by atoms with Crippen LogP contribution in [0.3, 0.4) is 0 Å². The number of ether oxygens (including phenoxy) is 2. The molecule has 0 aliphatic rings. The average molecular weight is 435 g/mol. The summed E-state index contributed by atoms with van der Waals surface area (Å²) in [6.45, 7) is 6.82. The molecule has 2 aromatic carbocycles. The number of carbonyl (C=O) groups excluding carboxylic acids is 1. The number of para-hydroxylation sites is 1. The zero-order valence-corrected chi connectivity index (χ0v) is 18.7. The fraction of sp³-hybridized carbons (Fsp3) is 0.409. The molecule has 30 heavy (non-hydrogen) atoms. The van der Waals surface area contributed by atoms with E-state index < -0.39 is 16.1 Å². The van der Waals surface area contributed by atoms with Gasteiger partial charge in [0.2, 0.25) is 15.9 Å². The van der Waals surface area contributed by atoms with Crippen molar-refractivity contribution in [2.45, 2.75) is 39.8 Å². The fourth-order valence-corrected chi connectivity index (χ4v) is 4.37. The Morgan fingerprint density at radius 2 is 1.63 bits per heavy atom. The number of hydrogen-bond acceptors (Lipinski definition) is 5. The van der Waals surface area contributed by atoms with E-state index in [-0.39, 0.29) is 12.5 Å². The third kappa shape index (κ3) is 6.13. The monoisotopic (exact) mass is 434 g/mol. The van der Waals surface area contributed by atoms with Crippen LogP contribution in [0.15, 0.2) is 48.5 Å². The van der Waals surface area contributed by atoms with Crippen molar-refractivity contribution in [3.63, 3.8) is 0 Å². The zero-order chi connectivity index (χ0) is 22.1. The van der Waals surface area contributed by atoms with E-state index in [1.807, 2.05) is 38.1 Å². The Morgan fingerprint density at radius 1 is 1.00 bits per heavy atom. The highest BCUT2D eigenvalue weighted by Gasteiger charge is 2.31. The minimum atomic E-state index is -3.69. The molecule has 0 saturated heterocycles. The lowest BCUT2D eigenvalue weighted by Crippen LogP contribution is -2.49. The van der Waals surface area contributed by atoms with E-state index in [2.05, 4.69) is 5.32 Å². The van der Waals surface area contributed by atoms with Gasteiger partial charge in [-0.05, 0) is 50.6 Å². The maximum atomic E-state index is 13.0. The van der Waals surface area contributed by atoms with Crippen LogP contribution in [0.5, 0.6) is 11.5 Å². The summed E-state index contributed by atoms with van der Waals surface area (Å²) in [7, 11) is -3.69. The normalized spacial score (nSPS) is 12.1. The largest absolute Gasteiger partial charge is 0.494 e. The number of nitrogens with zero attached hydrogens (tertiary/aromatic N) is 1. The van der Waals surface area contributed by atoms with Crippen molar-refractivity contribution >= 4 is 21.6 Å². The van der Waals surface area contributed by atoms with Crippen LogP contribution in [0.2, 0.25) is 0 Å². The van der Waals surface area contributed by atoms with Crippen LogP contribution < -0.4 is 19.1 Å². The van der Waals surface area contributed by atoms with Crippen LogP contribution in [0, 0.1) is 0 Å². The highest BCUT2D eigenvalue weighted by Crippen LogP contribution is 2.25. The number of nitrogens with one attached hydrogen (secondary N) is 1. The van der Waals surface area contributed by atoms with Crippen molar-refractivity contribution in [2.24, 2.45) is 0 Å². The number of carbonyl (C=O) groups is 1. The number of amides is 1. The predicted molar refractivity (Wildman–Crippen MR) is 118 cm³/mol. The summed E-state index contributed by atoms with van der Waals surface area (Å²) in [5.41, 5.74) is 1.24. The van der Waals surface area contributed by atoms with E-state index in [9.17, 15) is 13.2 Å². The molecule has 1 N–H and O–H groups in total. The number of rotatable bonds is 11. The van der Waals surface area contributed by atoms with E-state index in [4.69, 9.17) is 9.47 Å². The molecule has 1 atom stereocenters. The summed E-state index contributed by atoms with van der Waals surface area (Å²) < 4.78 is 37.3. The minimum Gasteiger partial charge on any atom is -0.494 e. The summed E-state index contributed by atoms with van der Waals surface area (Å²) in [5.74, 6) is 0.961. The van der Waals surface area contributed by atoms with Gasteiger partial charge in [0.25, 0.3) is 0 Å². The molecule has 0 radical (unpaired) electrons. The molecule has 0 spiro atoms.